The molecule has 0 amide bonds. The Morgan fingerprint density at radius 3 is 2.56 bits per heavy atom. The van der Waals surface area contributed by atoms with Crippen LogP contribution in [0, 0.1) is 5.92 Å². The molecule has 0 aromatic carbocycles. The molecular weight excluding hydrogens is 216 g/mol. The maximum atomic E-state index is 11.5. The summed E-state index contributed by atoms with van der Waals surface area (Å²) >= 11 is 0. The molecular formula is C10H16O6. The number of methoxy groups -OCH3 is 2. The predicted octanol–water partition coefficient (Wildman–Crippen LogP) is -0.246. The zero-order valence-electron chi connectivity index (χ0n) is 9.43. The van der Waals surface area contributed by atoms with Gasteiger partial charge in [0, 0.05) is 0 Å². The zero-order chi connectivity index (χ0) is 12.0. The number of carbonyl (C=O) groups is 2. The van der Waals surface area contributed by atoms with Gasteiger partial charge in [-0.25, -0.2) is 0 Å². The predicted molar refractivity (Wildman–Crippen MR) is 52.7 cm³/mol. The molecule has 6 nitrogen and oxygen atoms in total. The van der Waals surface area contributed by atoms with E-state index in [1.165, 1.54) is 14.2 Å². The molecule has 0 spiro atoms. The largest absolute Gasteiger partial charge is 0.469 e. The Balaban J connectivity index is 2.61. The van der Waals surface area contributed by atoms with Gasteiger partial charge in [0.15, 0.2) is 0 Å². The Bertz CT molecular complexity index is 246. The second kappa shape index (κ2) is 6.44. The van der Waals surface area contributed by atoms with Crippen LogP contribution in [0.3, 0.4) is 0 Å². The van der Waals surface area contributed by atoms with Gasteiger partial charge in [-0.3, -0.25) is 9.59 Å². The van der Waals surface area contributed by atoms with Crippen molar-refractivity contribution in [1.82, 2.24) is 0 Å². The lowest BCUT2D eigenvalue weighted by atomic mass is 9.98. The number of rotatable bonds is 4. The molecule has 0 saturated carbocycles. The minimum absolute atomic E-state index is 0.0583. The Morgan fingerprint density at radius 2 is 2.06 bits per heavy atom. The van der Waals surface area contributed by atoms with Crippen LogP contribution >= 0.6 is 0 Å². The standard InChI is InChI=1S/C10H16O6/c1-13-9(11)5-7(10(12)14-2)8-6-15-3-4-16-8/h7-8H,3-6H2,1-2H3/t7-,8+/m1/s1. The highest BCUT2D eigenvalue weighted by Gasteiger charge is 2.34. The number of hydrogen-bond acceptors (Lipinski definition) is 6. The van der Waals surface area contributed by atoms with Gasteiger partial charge in [0.05, 0.1) is 52.5 Å². The highest BCUT2D eigenvalue weighted by atomic mass is 16.6. The van der Waals surface area contributed by atoms with Crippen LogP contribution in [0.25, 0.3) is 0 Å². The lowest BCUT2D eigenvalue weighted by molar-refractivity contribution is -0.167. The monoisotopic (exact) mass is 232 g/mol. The molecule has 92 valence electrons. The van der Waals surface area contributed by atoms with Crippen LogP contribution in [0.2, 0.25) is 0 Å². The second-order valence-corrected chi connectivity index (χ2v) is 3.39. The highest BCUT2D eigenvalue weighted by Crippen LogP contribution is 2.18. The van der Waals surface area contributed by atoms with E-state index in [9.17, 15) is 9.59 Å². The Morgan fingerprint density at radius 1 is 1.31 bits per heavy atom. The molecule has 0 radical (unpaired) electrons. The Hall–Kier alpha value is -1.14. The van der Waals surface area contributed by atoms with E-state index in [2.05, 4.69) is 9.47 Å². The first kappa shape index (κ1) is 12.9. The summed E-state index contributed by atoms with van der Waals surface area (Å²) in [5.74, 6) is -1.62. The Kier molecular flexibility index (Phi) is 5.21. The van der Waals surface area contributed by atoms with Gasteiger partial charge in [-0.15, -0.1) is 0 Å². The first-order chi connectivity index (χ1) is 7.69. The summed E-state index contributed by atoms with van der Waals surface area (Å²) in [5, 5.41) is 0. The smallest absolute Gasteiger partial charge is 0.311 e. The van der Waals surface area contributed by atoms with Crippen molar-refractivity contribution in [2.24, 2.45) is 5.92 Å². The number of esters is 2. The number of hydrogen-bond donors (Lipinski definition) is 0. The van der Waals surface area contributed by atoms with E-state index in [1.54, 1.807) is 0 Å². The van der Waals surface area contributed by atoms with Crippen LogP contribution in [0.15, 0.2) is 0 Å². The van der Waals surface area contributed by atoms with Crippen LogP contribution in [0.4, 0.5) is 0 Å². The fraction of sp³-hybridized carbons (Fsp3) is 0.800. The third-order valence-electron chi connectivity index (χ3n) is 2.41. The lowest BCUT2D eigenvalue weighted by Gasteiger charge is -2.28. The first-order valence-electron chi connectivity index (χ1n) is 5.03. The summed E-state index contributed by atoms with van der Waals surface area (Å²) in [6.07, 6.45) is -0.503. The number of carbonyl (C=O) groups excluding carboxylic acids is 2. The molecule has 0 aromatic rings. The van der Waals surface area contributed by atoms with Gasteiger partial charge in [-0.2, -0.15) is 0 Å². The molecule has 1 saturated heterocycles. The van der Waals surface area contributed by atoms with Crippen molar-refractivity contribution in [1.29, 1.82) is 0 Å². The van der Waals surface area contributed by atoms with Crippen LogP contribution in [0.5, 0.6) is 0 Å². The molecule has 16 heavy (non-hydrogen) atoms. The van der Waals surface area contributed by atoms with Crippen molar-refractivity contribution in [3.05, 3.63) is 0 Å². The third-order valence-corrected chi connectivity index (χ3v) is 2.41. The minimum atomic E-state index is -0.669. The third kappa shape index (κ3) is 3.46. The highest BCUT2D eigenvalue weighted by molar-refractivity contribution is 5.80. The van der Waals surface area contributed by atoms with E-state index < -0.39 is 24.0 Å². The van der Waals surface area contributed by atoms with Gasteiger partial charge in [-0.05, 0) is 0 Å². The first-order valence-corrected chi connectivity index (χ1v) is 5.03. The van der Waals surface area contributed by atoms with Crippen molar-refractivity contribution in [3.8, 4) is 0 Å². The molecule has 1 fully saturated rings. The number of ether oxygens (including phenoxy) is 4. The SMILES string of the molecule is COC(=O)C[C@@H](C(=O)OC)[C@@H]1COCCO1. The molecule has 0 bridgehead atoms. The van der Waals surface area contributed by atoms with Crippen molar-refractivity contribution in [3.63, 3.8) is 0 Å². The van der Waals surface area contributed by atoms with Crippen molar-refractivity contribution in [2.75, 3.05) is 34.0 Å². The van der Waals surface area contributed by atoms with Crippen LogP contribution in [-0.2, 0) is 28.5 Å². The quantitative estimate of drug-likeness (QED) is 0.623. The maximum absolute atomic E-state index is 11.5. The van der Waals surface area contributed by atoms with E-state index >= 15 is 0 Å². The topological polar surface area (TPSA) is 71.1 Å². The molecule has 1 heterocycles. The summed E-state index contributed by atoms with van der Waals surface area (Å²) in [6.45, 7) is 1.21. The zero-order valence-corrected chi connectivity index (χ0v) is 9.43. The maximum Gasteiger partial charge on any atom is 0.311 e. The van der Waals surface area contributed by atoms with Gasteiger partial charge in [0.2, 0.25) is 0 Å². The van der Waals surface area contributed by atoms with E-state index in [1.807, 2.05) is 0 Å². The second-order valence-electron chi connectivity index (χ2n) is 3.39. The summed E-state index contributed by atoms with van der Waals surface area (Å²) < 4.78 is 19.7. The minimum Gasteiger partial charge on any atom is -0.469 e. The van der Waals surface area contributed by atoms with Gasteiger partial charge in [0.25, 0.3) is 0 Å². The van der Waals surface area contributed by atoms with E-state index in [4.69, 9.17) is 9.47 Å². The molecule has 1 aliphatic rings. The lowest BCUT2D eigenvalue weighted by Crippen LogP contribution is -2.40. The van der Waals surface area contributed by atoms with E-state index in [0.717, 1.165) is 0 Å². The average molecular weight is 232 g/mol. The van der Waals surface area contributed by atoms with E-state index in [-0.39, 0.29) is 13.0 Å². The molecule has 0 aliphatic carbocycles. The summed E-state index contributed by atoms with van der Waals surface area (Å²) in [4.78, 5) is 22.7. The van der Waals surface area contributed by atoms with E-state index in [0.29, 0.717) is 13.2 Å². The van der Waals surface area contributed by atoms with Crippen LogP contribution in [-0.4, -0.2) is 52.1 Å². The van der Waals surface area contributed by atoms with Crippen LogP contribution < -0.4 is 0 Å². The summed E-state index contributed by atoms with van der Waals surface area (Å²) in [7, 11) is 2.55. The molecule has 6 heteroatoms. The molecule has 0 N–H and O–H groups in total. The fourth-order valence-electron chi connectivity index (χ4n) is 1.52. The molecule has 2 atom stereocenters. The normalized spacial score (nSPS) is 22.2. The van der Waals surface area contributed by atoms with Crippen molar-refractivity contribution in [2.45, 2.75) is 12.5 Å². The van der Waals surface area contributed by atoms with Crippen molar-refractivity contribution < 1.29 is 28.5 Å². The van der Waals surface area contributed by atoms with Crippen LogP contribution in [0.1, 0.15) is 6.42 Å². The van der Waals surface area contributed by atoms with Gasteiger partial charge < -0.3 is 18.9 Å². The molecule has 1 aliphatic heterocycles. The summed E-state index contributed by atoms with van der Waals surface area (Å²) in [6, 6.07) is 0. The van der Waals surface area contributed by atoms with Gasteiger partial charge >= 0.3 is 11.9 Å². The van der Waals surface area contributed by atoms with Crippen molar-refractivity contribution >= 4 is 11.9 Å². The van der Waals surface area contributed by atoms with Gasteiger partial charge in [-0.1, -0.05) is 0 Å². The Labute approximate surface area is 93.8 Å². The average Bonchev–Trinajstić information content (AvgIpc) is 2.35. The molecule has 0 unspecified atom stereocenters. The molecule has 1 rings (SSSR count). The fourth-order valence-corrected chi connectivity index (χ4v) is 1.52. The van der Waals surface area contributed by atoms with Gasteiger partial charge in [0.1, 0.15) is 0 Å². The molecule has 0 aromatic heterocycles. The summed E-state index contributed by atoms with van der Waals surface area (Å²) in [5.41, 5.74) is 0.